The van der Waals surface area contributed by atoms with Crippen molar-refractivity contribution in [1.29, 1.82) is 0 Å². The first-order chi connectivity index (χ1) is 8.43. The van der Waals surface area contributed by atoms with Crippen molar-refractivity contribution in [2.45, 2.75) is 32.2 Å². The van der Waals surface area contributed by atoms with Gasteiger partial charge in [-0.25, -0.2) is 4.39 Å². The third kappa shape index (κ3) is 3.69. The Labute approximate surface area is 120 Å². The maximum atomic E-state index is 13.6. The highest BCUT2D eigenvalue weighted by Crippen LogP contribution is 2.22. The lowest BCUT2D eigenvalue weighted by molar-refractivity contribution is 0.0896. The lowest BCUT2D eigenvalue weighted by atomic mass is 9.95. The van der Waals surface area contributed by atoms with Crippen LogP contribution in [0.5, 0.6) is 0 Å². The van der Waals surface area contributed by atoms with Gasteiger partial charge >= 0.3 is 0 Å². The Hall–Kier alpha value is -0.610. The molecule has 0 bridgehead atoms. The zero-order valence-corrected chi connectivity index (χ0v) is 12.7. The number of rotatable bonds is 5. The molecule has 0 fully saturated rings. The summed E-state index contributed by atoms with van der Waals surface area (Å²) in [5.74, 6) is -0.510. The van der Waals surface area contributed by atoms with E-state index in [1.807, 2.05) is 13.8 Å². The fourth-order valence-corrected chi connectivity index (χ4v) is 2.53. The first-order valence-electron chi connectivity index (χ1n) is 5.76. The number of amides is 1. The van der Waals surface area contributed by atoms with Crippen LogP contribution < -0.4 is 5.32 Å². The Balaban J connectivity index is 2.95. The van der Waals surface area contributed by atoms with E-state index in [9.17, 15) is 9.18 Å². The summed E-state index contributed by atoms with van der Waals surface area (Å²) in [6, 6.07) is 4.46. The first-order valence-corrected chi connectivity index (χ1v) is 7.09. The Morgan fingerprint density at radius 2 is 2.22 bits per heavy atom. The summed E-state index contributed by atoms with van der Waals surface area (Å²) in [4.78, 5) is 12.1. The largest absolute Gasteiger partial charge is 0.347 e. The van der Waals surface area contributed by atoms with E-state index >= 15 is 0 Å². The van der Waals surface area contributed by atoms with E-state index in [2.05, 4.69) is 21.2 Å². The number of carbonyl (C=O) groups is 1. The minimum absolute atomic E-state index is 0.0340. The lowest BCUT2D eigenvalue weighted by Gasteiger charge is -2.29. The van der Waals surface area contributed by atoms with Crippen molar-refractivity contribution in [3.8, 4) is 0 Å². The van der Waals surface area contributed by atoms with Crippen LogP contribution in [0.3, 0.4) is 0 Å². The van der Waals surface area contributed by atoms with Crippen molar-refractivity contribution in [3.05, 3.63) is 34.1 Å². The molecule has 0 aliphatic carbocycles. The van der Waals surface area contributed by atoms with E-state index in [1.54, 1.807) is 12.1 Å². The predicted molar refractivity (Wildman–Crippen MR) is 75.6 cm³/mol. The molecule has 18 heavy (non-hydrogen) atoms. The highest BCUT2D eigenvalue weighted by molar-refractivity contribution is 9.10. The van der Waals surface area contributed by atoms with Crippen LogP contribution in [0, 0.1) is 5.82 Å². The van der Waals surface area contributed by atoms with Gasteiger partial charge in [-0.2, -0.15) is 0 Å². The van der Waals surface area contributed by atoms with Crippen LogP contribution in [0.25, 0.3) is 0 Å². The summed E-state index contributed by atoms with van der Waals surface area (Å²) >= 11 is 8.91. The van der Waals surface area contributed by atoms with Gasteiger partial charge in [-0.05, 0) is 47.8 Å². The van der Waals surface area contributed by atoms with Gasteiger partial charge in [-0.15, -0.1) is 11.6 Å². The van der Waals surface area contributed by atoms with E-state index in [4.69, 9.17) is 11.6 Å². The van der Waals surface area contributed by atoms with E-state index in [0.717, 1.165) is 6.42 Å². The maximum absolute atomic E-state index is 13.6. The molecule has 0 radical (unpaired) electrons. The molecule has 1 atom stereocenters. The van der Waals surface area contributed by atoms with Gasteiger partial charge < -0.3 is 5.32 Å². The molecule has 1 aromatic rings. The van der Waals surface area contributed by atoms with Crippen LogP contribution >= 0.6 is 27.5 Å². The van der Waals surface area contributed by atoms with Gasteiger partial charge in [0.2, 0.25) is 0 Å². The van der Waals surface area contributed by atoms with Gasteiger partial charge in [0.15, 0.2) is 0 Å². The van der Waals surface area contributed by atoms with Crippen LogP contribution in [0.1, 0.15) is 37.0 Å². The van der Waals surface area contributed by atoms with E-state index in [1.165, 1.54) is 6.07 Å². The molecule has 1 unspecified atom stereocenters. The summed E-state index contributed by atoms with van der Waals surface area (Å²) in [6.07, 6.45) is 1.38. The third-order valence-corrected chi connectivity index (χ3v) is 3.88. The Morgan fingerprint density at radius 3 is 2.72 bits per heavy atom. The van der Waals surface area contributed by atoms with Gasteiger partial charge in [-0.3, -0.25) is 4.79 Å². The highest BCUT2D eigenvalue weighted by atomic mass is 79.9. The second-order valence-electron chi connectivity index (χ2n) is 4.40. The zero-order valence-electron chi connectivity index (χ0n) is 10.4. The molecular weight excluding hydrogens is 321 g/mol. The van der Waals surface area contributed by atoms with Gasteiger partial charge in [-0.1, -0.05) is 13.0 Å². The van der Waals surface area contributed by atoms with Gasteiger partial charge in [0, 0.05) is 15.9 Å². The summed E-state index contributed by atoms with van der Waals surface area (Å²) < 4.78 is 14.1. The molecule has 1 aromatic carbocycles. The summed E-state index contributed by atoms with van der Waals surface area (Å²) in [7, 11) is 0. The number of benzene rings is 1. The first kappa shape index (κ1) is 15.4. The standard InChI is InChI=1S/C13H16BrClFNO/c1-3-13(2,7-8-15)17-12(18)11-9(14)5-4-6-10(11)16/h4-6H,3,7-8H2,1-2H3,(H,17,18). The predicted octanol–water partition coefficient (Wildman–Crippen LogP) is 4.12. The third-order valence-electron chi connectivity index (χ3n) is 3.03. The van der Waals surface area contributed by atoms with Crippen molar-refractivity contribution in [3.63, 3.8) is 0 Å². The monoisotopic (exact) mass is 335 g/mol. The SMILES string of the molecule is CCC(C)(CCCl)NC(=O)c1c(F)cccc1Br. The van der Waals surface area contributed by atoms with Crippen molar-refractivity contribution in [2.24, 2.45) is 0 Å². The second-order valence-corrected chi connectivity index (χ2v) is 5.64. The molecule has 0 aliphatic heterocycles. The average Bonchev–Trinajstić information content (AvgIpc) is 2.29. The molecule has 0 saturated heterocycles. The molecule has 100 valence electrons. The molecule has 1 amide bonds. The lowest BCUT2D eigenvalue weighted by Crippen LogP contribution is -2.46. The number of alkyl halides is 1. The number of hydrogen-bond donors (Lipinski definition) is 1. The van der Waals surface area contributed by atoms with Crippen molar-refractivity contribution in [2.75, 3.05) is 5.88 Å². The molecule has 0 saturated carbocycles. The summed E-state index contributed by atoms with van der Waals surface area (Å²) in [5.41, 5.74) is -0.382. The second kappa shape index (κ2) is 6.53. The van der Waals surface area contributed by atoms with Crippen molar-refractivity contribution >= 4 is 33.4 Å². The van der Waals surface area contributed by atoms with Crippen LogP contribution in [-0.2, 0) is 0 Å². The van der Waals surface area contributed by atoms with Crippen LogP contribution in [0.4, 0.5) is 4.39 Å². The minimum Gasteiger partial charge on any atom is -0.347 e. The Morgan fingerprint density at radius 1 is 1.56 bits per heavy atom. The molecular formula is C13H16BrClFNO. The topological polar surface area (TPSA) is 29.1 Å². The fourth-order valence-electron chi connectivity index (χ4n) is 1.59. The number of halogens is 3. The van der Waals surface area contributed by atoms with Crippen molar-refractivity contribution in [1.82, 2.24) is 5.32 Å². The van der Waals surface area contributed by atoms with E-state index in [0.29, 0.717) is 16.8 Å². The van der Waals surface area contributed by atoms with Crippen molar-refractivity contribution < 1.29 is 9.18 Å². The molecule has 0 heterocycles. The number of hydrogen-bond acceptors (Lipinski definition) is 1. The molecule has 1 rings (SSSR count). The maximum Gasteiger partial charge on any atom is 0.255 e. The quantitative estimate of drug-likeness (QED) is 0.805. The van der Waals surface area contributed by atoms with E-state index < -0.39 is 17.3 Å². The number of nitrogens with one attached hydrogen (secondary N) is 1. The highest BCUT2D eigenvalue weighted by Gasteiger charge is 2.26. The van der Waals surface area contributed by atoms with Gasteiger partial charge in [0.25, 0.3) is 5.91 Å². The normalized spacial score (nSPS) is 14.1. The summed E-state index contributed by atoms with van der Waals surface area (Å²) in [6.45, 7) is 3.87. The fraction of sp³-hybridized carbons (Fsp3) is 0.462. The molecule has 0 aliphatic rings. The molecule has 1 N–H and O–H groups in total. The number of carbonyl (C=O) groups excluding carboxylic acids is 1. The molecule has 0 spiro atoms. The van der Waals surface area contributed by atoms with Crippen LogP contribution in [0.2, 0.25) is 0 Å². The summed E-state index contributed by atoms with van der Waals surface area (Å²) in [5, 5.41) is 2.85. The van der Waals surface area contributed by atoms with Crippen LogP contribution in [-0.4, -0.2) is 17.3 Å². The van der Waals surface area contributed by atoms with Gasteiger partial charge in [0.1, 0.15) is 5.82 Å². The van der Waals surface area contributed by atoms with E-state index in [-0.39, 0.29) is 5.56 Å². The Kier molecular flexibility index (Phi) is 5.60. The van der Waals surface area contributed by atoms with Crippen LogP contribution in [0.15, 0.2) is 22.7 Å². The average molecular weight is 337 g/mol. The zero-order chi connectivity index (χ0) is 13.8. The van der Waals surface area contributed by atoms with Gasteiger partial charge in [0.05, 0.1) is 5.56 Å². The molecule has 2 nitrogen and oxygen atoms in total. The minimum atomic E-state index is -0.536. The molecule has 0 aromatic heterocycles. The molecule has 5 heteroatoms. The smallest absolute Gasteiger partial charge is 0.255 e. The Bertz CT molecular complexity index is 421.